The highest BCUT2D eigenvalue weighted by Gasteiger charge is 2.44. The van der Waals surface area contributed by atoms with Crippen LogP contribution in [0, 0.1) is 0 Å². The van der Waals surface area contributed by atoms with Crippen molar-refractivity contribution in [2.45, 2.75) is 49.5 Å². The molecule has 1 aromatic heterocycles. The van der Waals surface area contributed by atoms with Crippen LogP contribution in [-0.4, -0.2) is 63.0 Å². The second-order valence-electron chi connectivity index (χ2n) is 7.66. The zero-order chi connectivity index (χ0) is 23.0. The van der Waals surface area contributed by atoms with Crippen LogP contribution in [0.25, 0.3) is 5.76 Å². The summed E-state index contributed by atoms with van der Waals surface area (Å²) in [5.74, 6) is 0.667. The first-order valence-electron chi connectivity index (χ1n) is 9.97. The van der Waals surface area contributed by atoms with Crippen molar-refractivity contribution >= 4 is 17.1 Å². The van der Waals surface area contributed by atoms with Gasteiger partial charge < -0.3 is 29.9 Å². The van der Waals surface area contributed by atoms with Gasteiger partial charge in [0.1, 0.15) is 36.3 Å². The second kappa shape index (κ2) is 9.08. The highest BCUT2D eigenvalue weighted by atomic mass is 32.1. The largest absolute Gasteiger partial charge is 0.492 e. The van der Waals surface area contributed by atoms with Gasteiger partial charge in [0, 0.05) is 19.0 Å². The lowest BCUT2D eigenvalue weighted by molar-refractivity contribution is -0.231. The summed E-state index contributed by atoms with van der Waals surface area (Å²) in [7, 11) is 0. The van der Waals surface area contributed by atoms with Gasteiger partial charge in [-0.15, -0.1) is 11.3 Å². The summed E-state index contributed by atoms with van der Waals surface area (Å²) in [4.78, 5) is 4.96. The number of thiazole rings is 1. The quantitative estimate of drug-likeness (QED) is 0.526. The number of alkyl halides is 3. The molecule has 5 atom stereocenters. The van der Waals surface area contributed by atoms with E-state index in [0.717, 1.165) is 23.4 Å². The van der Waals surface area contributed by atoms with Gasteiger partial charge in [0.05, 0.1) is 28.7 Å². The summed E-state index contributed by atoms with van der Waals surface area (Å²) < 4.78 is 51.9. The molecule has 11 heteroatoms. The van der Waals surface area contributed by atoms with Crippen LogP contribution in [0.2, 0.25) is 0 Å². The van der Waals surface area contributed by atoms with Gasteiger partial charge in [0.25, 0.3) is 0 Å². The summed E-state index contributed by atoms with van der Waals surface area (Å²) in [5.41, 5.74) is -0.739. The second-order valence-corrected chi connectivity index (χ2v) is 8.78. The zero-order valence-electron chi connectivity index (χ0n) is 16.7. The predicted octanol–water partition coefficient (Wildman–Crippen LogP) is 2.03. The van der Waals surface area contributed by atoms with Crippen molar-refractivity contribution < 1.29 is 43.1 Å². The molecule has 174 valence electrons. The molecule has 1 aromatic carbocycles. The van der Waals surface area contributed by atoms with E-state index in [4.69, 9.17) is 9.47 Å². The Kier molecular flexibility index (Phi) is 6.57. The van der Waals surface area contributed by atoms with Crippen LogP contribution >= 0.6 is 11.3 Å². The van der Waals surface area contributed by atoms with Crippen molar-refractivity contribution in [2.24, 2.45) is 0 Å². The van der Waals surface area contributed by atoms with E-state index >= 15 is 0 Å². The topological polar surface area (TPSA) is 112 Å². The average molecular weight is 473 g/mol. The number of ether oxygens (including phenoxy) is 2. The van der Waals surface area contributed by atoms with Crippen molar-refractivity contribution in [1.82, 2.24) is 4.98 Å². The number of hydrogen-bond donors (Lipinski definition) is 4. The SMILES string of the molecule is OC[C@H]1O[C@@H](c2ccc(C(F)(F)F)c(Cc3ncc(C4=CCCO4)s3)c2)[C@H](O)[C@@H](O)[C@@H]1O. The Labute approximate surface area is 185 Å². The number of rotatable bonds is 5. The fourth-order valence-electron chi connectivity index (χ4n) is 3.85. The smallest absolute Gasteiger partial charge is 0.416 e. The number of aliphatic hydroxyl groups is 4. The van der Waals surface area contributed by atoms with Gasteiger partial charge >= 0.3 is 6.18 Å². The van der Waals surface area contributed by atoms with E-state index in [1.54, 1.807) is 6.20 Å². The van der Waals surface area contributed by atoms with Gasteiger partial charge in [-0.2, -0.15) is 13.2 Å². The average Bonchev–Trinajstić information content (AvgIpc) is 3.43. The Balaban J connectivity index is 1.66. The van der Waals surface area contributed by atoms with Gasteiger partial charge in [-0.3, -0.25) is 0 Å². The fraction of sp³-hybridized carbons (Fsp3) is 0.476. The molecule has 4 N–H and O–H groups in total. The van der Waals surface area contributed by atoms with Crippen LogP contribution in [0.1, 0.15) is 39.1 Å². The number of aromatic nitrogens is 1. The normalized spacial score (nSPS) is 28.5. The van der Waals surface area contributed by atoms with Crippen LogP contribution < -0.4 is 0 Å². The third-order valence-corrected chi connectivity index (χ3v) is 6.51. The van der Waals surface area contributed by atoms with Gasteiger partial charge in [-0.05, 0) is 23.3 Å². The predicted molar refractivity (Wildman–Crippen MR) is 108 cm³/mol. The monoisotopic (exact) mass is 473 g/mol. The van der Waals surface area contributed by atoms with Gasteiger partial charge in [0.2, 0.25) is 0 Å². The minimum absolute atomic E-state index is 0.0748. The van der Waals surface area contributed by atoms with Gasteiger partial charge in [0.15, 0.2) is 0 Å². The molecule has 0 aliphatic carbocycles. The molecule has 0 amide bonds. The number of aliphatic hydroxyl groups excluding tert-OH is 4. The van der Waals surface area contributed by atoms with E-state index < -0.39 is 48.9 Å². The standard InChI is InChI=1S/C21H22F3NO6S/c22-21(23,24)12-4-3-10(20-19(29)18(28)17(27)14(9-26)31-20)6-11(12)7-16-25-8-15(32-16)13-2-1-5-30-13/h2-4,6,8,14,17-20,26-29H,1,5,7,9H2/t14-,17-,18+,19-,20+/m1/s1. The lowest BCUT2D eigenvalue weighted by Gasteiger charge is -2.40. The molecule has 32 heavy (non-hydrogen) atoms. The van der Waals surface area contributed by atoms with E-state index in [9.17, 15) is 33.6 Å². The molecule has 1 saturated heterocycles. The van der Waals surface area contributed by atoms with Crippen molar-refractivity contribution in [1.29, 1.82) is 0 Å². The van der Waals surface area contributed by atoms with Crippen molar-refractivity contribution in [3.63, 3.8) is 0 Å². The number of benzene rings is 1. The molecular formula is C21H22F3NO6S. The molecule has 0 bridgehead atoms. The summed E-state index contributed by atoms with van der Waals surface area (Å²) in [6.07, 6.45) is -7.65. The number of nitrogens with zero attached hydrogens (tertiary/aromatic N) is 1. The molecule has 2 aliphatic heterocycles. The van der Waals surface area contributed by atoms with Crippen LogP contribution in [-0.2, 0) is 22.1 Å². The van der Waals surface area contributed by atoms with Crippen LogP contribution in [0.5, 0.6) is 0 Å². The number of halogens is 3. The van der Waals surface area contributed by atoms with Gasteiger partial charge in [-0.1, -0.05) is 12.1 Å². The third-order valence-electron chi connectivity index (χ3n) is 5.50. The van der Waals surface area contributed by atoms with E-state index in [0.29, 0.717) is 17.4 Å². The van der Waals surface area contributed by atoms with E-state index in [1.807, 2.05) is 6.08 Å². The molecule has 7 nitrogen and oxygen atoms in total. The summed E-state index contributed by atoms with van der Waals surface area (Å²) in [5, 5.41) is 40.1. The maximum absolute atomic E-state index is 13.6. The van der Waals surface area contributed by atoms with Gasteiger partial charge in [-0.25, -0.2) is 4.98 Å². The molecule has 2 aliphatic rings. The Morgan fingerprint density at radius 3 is 2.56 bits per heavy atom. The maximum Gasteiger partial charge on any atom is 0.416 e. The molecule has 0 saturated carbocycles. The molecule has 0 unspecified atom stereocenters. The first-order valence-corrected chi connectivity index (χ1v) is 10.8. The Morgan fingerprint density at radius 1 is 1.12 bits per heavy atom. The third kappa shape index (κ3) is 4.54. The first kappa shape index (κ1) is 23.1. The molecule has 0 spiro atoms. The molecule has 2 aromatic rings. The van der Waals surface area contributed by atoms with E-state index in [-0.39, 0.29) is 17.5 Å². The minimum Gasteiger partial charge on any atom is -0.492 e. The summed E-state index contributed by atoms with van der Waals surface area (Å²) in [6.45, 7) is -0.0727. The molecular weight excluding hydrogens is 451 g/mol. The first-order chi connectivity index (χ1) is 15.2. The maximum atomic E-state index is 13.6. The van der Waals surface area contributed by atoms with Crippen molar-refractivity contribution in [2.75, 3.05) is 13.2 Å². The lowest BCUT2D eigenvalue weighted by atomic mass is 9.89. The zero-order valence-corrected chi connectivity index (χ0v) is 17.5. The molecule has 1 fully saturated rings. The molecule has 3 heterocycles. The minimum atomic E-state index is -4.61. The van der Waals surface area contributed by atoms with Crippen LogP contribution in [0.3, 0.4) is 0 Å². The van der Waals surface area contributed by atoms with Crippen LogP contribution in [0.15, 0.2) is 30.5 Å². The number of hydrogen-bond acceptors (Lipinski definition) is 8. The summed E-state index contributed by atoms with van der Waals surface area (Å²) >= 11 is 1.23. The van der Waals surface area contributed by atoms with Crippen molar-refractivity contribution in [3.05, 3.63) is 57.0 Å². The Bertz CT molecular complexity index is 992. The summed E-state index contributed by atoms with van der Waals surface area (Å²) in [6, 6.07) is 3.30. The molecule has 4 rings (SSSR count). The fourth-order valence-corrected chi connectivity index (χ4v) is 4.78. The Hall–Kier alpha value is -2.02. The molecule has 0 radical (unpaired) electrons. The highest BCUT2D eigenvalue weighted by molar-refractivity contribution is 7.12. The van der Waals surface area contributed by atoms with E-state index in [2.05, 4.69) is 4.98 Å². The van der Waals surface area contributed by atoms with E-state index in [1.165, 1.54) is 17.4 Å². The lowest BCUT2D eigenvalue weighted by Crippen LogP contribution is -2.55. The van der Waals surface area contributed by atoms with Crippen molar-refractivity contribution in [3.8, 4) is 0 Å². The van der Waals surface area contributed by atoms with Crippen LogP contribution in [0.4, 0.5) is 13.2 Å². The Morgan fingerprint density at radius 2 is 1.91 bits per heavy atom. The highest BCUT2D eigenvalue weighted by Crippen LogP contribution is 2.38.